The average Bonchev–Trinajstić information content (AvgIpc) is 2.46. The van der Waals surface area contributed by atoms with Crippen molar-refractivity contribution < 1.29 is 4.74 Å². The summed E-state index contributed by atoms with van der Waals surface area (Å²) in [6, 6.07) is 8.20. The molecule has 1 aliphatic rings. The number of hydrogen-bond donors (Lipinski definition) is 2. The molecule has 0 saturated heterocycles. The number of aliphatic imine (C=N–C) groups is 1. The zero-order valence-corrected chi connectivity index (χ0v) is 16.6. The van der Waals surface area contributed by atoms with Crippen molar-refractivity contribution in [3.05, 3.63) is 29.8 Å². The number of halogens is 1. The molecular weight excluding hydrogens is 403 g/mol. The lowest BCUT2D eigenvalue weighted by atomic mass is 9.85. The van der Waals surface area contributed by atoms with Crippen molar-refractivity contribution in [3.63, 3.8) is 0 Å². The highest BCUT2D eigenvalue weighted by atomic mass is 127. The minimum absolute atomic E-state index is 0. The molecule has 0 amide bonds. The van der Waals surface area contributed by atoms with E-state index in [0.717, 1.165) is 23.8 Å². The highest BCUT2D eigenvalue weighted by Crippen LogP contribution is 2.28. The van der Waals surface area contributed by atoms with E-state index in [2.05, 4.69) is 21.3 Å². The van der Waals surface area contributed by atoms with E-state index in [-0.39, 0.29) is 30.0 Å². The standard InChI is InChI=1S/C17H28N4O.HI/c1-21(2)15(14-9-4-5-10-16(14)22-3)12-20-17(18)19-11-13-7-6-8-13;/h4-5,9-10,13,15H,6-8,11-12H2,1-3H3,(H3,18,19,20);1H. The topological polar surface area (TPSA) is 62.9 Å². The zero-order chi connectivity index (χ0) is 15.9. The number of methoxy groups -OCH3 is 1. The summed E-state index contributed by atoms with van der Waals surface area (Å²) < 4.78 is 5.46. The van der Waals surface area contributed by atoms with E-state index in [1.54, 1.807) is 7.11 Å². The number of rotatable bonds is 7. The fraction of sp³-hybridized carbons (Fsp3) is 0.588. The summed E-state index contributed by atoms with van der Waals surface area (Å²) >= 11 is 0. The highest BCUT2D eigenvalue weighted by molar-refractivity contribution is 14.0. The molecule has 1 fully saturated rings. The van der Waals surface area contributed by atoms with Gasteiger partial charge in [0, 0.05) is 12.1 Å². The van der Waals surface area contributed by atoms with Crippen molar-refractivity contribution in [1.82, 2.24) is 10.2 Å². The van der Waals surface area contributed by atoms with Crippen LogP contribution in [0.2, 0.25) is 0 Å². The van der Waals surface area contributed by atoms with Gasteiger partial charge < -0.3 is 20.7 Å². The second-order valence-electron chi connectivity index (χ2n) is 6.13. The number of nitrogens with one attached hydrogen (secondary N) is 1. The van der Waals surface area contributed by atoms with Crippen molar-refractivity contribution in [2.24, 2.45) is 16.6 Å². The van der Waals surface area contributed by atoms with Gasteiger partial charge in [-0.15, -0.1) is 24.0 Å². The number of para-hydroxylation sites is 1. The van der Waals surface area contributed by atoms with Gasteiger partial charge >= 0.3 is 0 Å². The minimum atomic E-state index is 0. The van der Waals surface area contributed by atoms with Gasteiger partial charge in [-0.2, -0.15) is 0 Å². The van der Waals surface area contributed by atoms with Crippen molar-refractivity contribution in [2.45, 2.75) is 25.3 Å². The van der Waals surface area contributed by atoms with E-state index in [1.807, 2.05) is 32.3 Å². The fourth-order valence-corrected chi connectivity index (χ4v) is 2.67. The first-order chi connectivity index (χ1) is 10.6. The Balaban J connectivity index is 0.00000264. The molecule has 0 bridgehead atoms. The fourth-order valence-electron chi connectivity index (χ4n) is 2.67. The van der Waals surface area contributed by atoms with E-state index in [0.29, 0.717) is 12.5 Å². The first-order valence-corrected chi connectivity index (χ1v) is 7.95. The number of nitrogens with zero attached hydrogens (tertiary/aromatic N) is 2. The Kier molecular flexibility index (Phi) is 8.68. The number of nitrogens with two attached hydrogens (primary N) is 1. The quantitative estimate of drug-likeness (QED) is 0.395. The SMILES string of the molecule is COc1ccccc1C(CN=C(N)NCC1CCC1)N(C)C.I. The lowest BCUT2D eigenvalue weighted by molar-refractivity contribution is 0.294. The Morgan fingerprint density at radius 2 is 2.09 bits per heavy atom. The van der Waals surface area contributed by atoms with E-state index in [9.17, 15) is 0 Å². The molecule has 0 aliphatic heterocycles. The van der Waals surface area contributed by atoms with Crippen molar-refractivity contribution in [3.8, 4) is 5.75 Å². The third-order valence-electron chi connectivity index (χ3n) is 4.35. The van der Waals surface area contributed by atoms with Crippen LogP contribution in [0.4, 0.5) is 0 Å². The second kappa shape index (κ2) is 9.97. The molecule has 0 heterocycles. The molecule has 1 aromatic carbocycles. The van der Waals surface area contributed by atoms with Crippen molar-refractivity contribution >= 4 is 29.9 Å². The molecule has 23 heavy (non-hydrogen) atoms. The lowest BCUT2D eigenvalue weighted by Gasteiger charge is -2.26. The lowest BCUT2D eigenvalue weighted by Crippen LogP contribution is -2.38. The van der Waals surface area contributed by atoms with Crippen LogP contribution in [-0.2, 0) is 0 Å². The molecule has 130 valence electrons. The summed E-state index contributed by atoms with van der Waals surface area (Å²) in [5.41, 5.74) is 7.12. The summed E-state index contributed by atoms with van der Waals surface area (Å²) in [5, 5.41) is 3.24. The molecule has 3 N–H and O–H groups in total. The first kappa shape index (κ1) is 20.0. The Morgan fingerprint density at radius 3 is 2.65 bits per heavy atom. The van der Waals surface area contributed by atoms with Gasteiger partial charge in [-0.25, -0.2) is 0 Å². The monoisotopic (exact) mass is 432 g/mol. The van der Waals surface area contributed by atoms with Crippen LogP contribution < -0.4 is 15.8 Å². The molecule has 1 aromatic rings. The maximum absolute atomic E-state index is 5.99. The van der Waals surface area contributed by atoms with Gasteiger partial charge in [-0.05, 0) is 38.9 Å². The third kappa shape index (κ3) is 5.84. The molecule has 0 spiro atoms. The normalized spacial score (nSPS) is 16.4. The Labute approximate surface area is 156 Å². The van der Waals surface area contributed by atoms with Crippen LogP contribution in [0.15, 0.2) is 29.3 Å². The average molecular weight is 432 g/mol. The van der Waals surface area contributed by atoms with Crippen LogP contribution >= 0.6 is 24.0 Å². The summed E-state index contributed by atoms with van der Waals surface area (Å²) in [6.07, 6.45) is 3.96. The van der Waals surface area contributed by atoms with Gasteiger partial charge in [0.1, 0.15) is 5.75 Å². The van der Waals surface area contributed by atoms with Crippen molar-refractivity contribution in [1.29, 1.82) is 0 Å². The summed E-state index contributed by atoms with van der Waals surface area (Å²) in [7, 11) is 5.79. The van der Waals surface area contributed by atoms with E-state index in [1.165, 1.54) is 19.3 Å². The van der Waals surface area contributed by atoms with Gasteiger partial charge in [-0.1, -0.05) is 24.6 Å². The zero-order valence-electron chi connectivity index (χ0n) is 14.3. The molecule has 5 nitrogen and oxygen atoms in total. The van der Waals surface area contributed by atoms with E-state index in [4.69, 9.17) is 10.5 Å². The van der Waals surface area contributed by atoms with Crippen LogP contribution in [0, 0.1) is 5.92 Å². The molecule has 0 radical (unpaired) electrons. The van der Waals surface area contributed by atoms with E-state index < -0.39 is 0 Å². The van der Waals surface area contributed by atoms with Crippen LogP contribution in [0.25, 0.3) is 0 Å². The number of ether oxygens (including phenoxy) is 1. The number of likely N-dealkylation sites (N-methyl/N-ethyl adjacent to an activating group) is 1. The Hall–Kier alpha value is -1.02. The number of hydrogen-bond acceptors (Lipinski definition) is 3. The largest absolute Gasteiger partial charge is 0.496 e. The molecule has 2 rings (SSSR count). The van der Waals surface area contributed by atoms with Gasteiger partial charge in [0.15, 0.2) is 5.96 Å². The number of guanidine groups is 1. The van der Waals surface area contributed by atoms with Crippen LogP contribution in [-0.4, -0.2) is 45.2 Å². The maximum Gasteiger partial charge on any atom is 0.188 e. The summed E-state index contributed by atoms with van der Waals surface area (Å²) in [6.45, 7) is 1.55. The van der Waals surface area contributed by atoms with Gasteiger partial charge in [0.05, 0.1) is 19.7 Å². The summed E-state index contributed by atoms with van der Waals surface area (Å²) in [5.74, 6) is 2.19. The minimum Gasteiger partial charge on any atom is -0.496 e. The Morgan fingerprint density at radius 1 is 1.39 bits per heavy atom. The van der Waals surface area contributed by atoms with Crippen LogP contribution in [0.5, 0.6) is 5.75 Å². The second-order valence-corrected chi connectivity index (χ2v) is 6.13. The molecule has 1 atom stereocenters. The van der Waals surface area contributed by atoms with E-state index >= 15 is 0 Å². The predicted molar refractivity (Wildman–Crippen MR) is 107 cm³/mol. The van der Waals surface area contributed by atoms with Gasteiger partial charge in [-0.3, -0.25) is 4.99 Å². The number of benzene rings is 1. The first-order valence-electron chi connectivity index (χ1n) is 7.95. The molecule has 1 saturated carbocycles. The third-order valence-corrected chi connectivity index (χ3v) is 4.35. The van der Waals surface area contributed by atoms with Crippen LogP contribution in [0.1, 0.15) is 30.9 Å². The van der Waals surface area contributed by atoms with Crippen molar-refractivity contribution in [2.75, 3.05) is 34.3 Å². The van der Waals surface area contributed by atoms with Gasteiger partial charge in [0.25, 0.3) is 0 Å². The van der Waals surface area contributed by atoms with Crippen LogP contribution in [0.3, 0.4) is 0 Å². The molecule has 1 unspecified atom stereocenters. The molecule has 6 heteroatoms. The summed E-state index contributed by atoms with van der Waals surface area (Å²) in [4.78, 5) is 6.65. The predicted octanol–water partition coefficient (Wildman–Crippen LogP) is 2.62. The Bertz CT molecular complexity index is 503. The maximum atomic E-state index is 5.99. The highest BCUT2D eigenvalue weighted by Gasteiger charge is 2.19. The molecule has 1 aliphatic carbocycles. The molecular formula is C17H29IN4O. The molecule has 0 aromatic heterocycles. The smallest absolute Gasteiger partial charge is 0.188 e. The van der Waals surface area contributed by atoms with Gasteiger partial charge in [0.2, 0.25) is 0 Å².